The first-order valence-electron chi connectivity index (χ1n) is 9.99. The van der Waals surface area contributed by atoms with Crippen LogP contribution in [0.15, 0.2) is 24.3 Å². The molecule has 2 amide bonds. The molecule has 1 aromatic carbocycles. The third-order valence-electron chi connectivity index (χ3n) is 5.52. The molecule has 1 aromatic rings. The summed E-state index contributed by atoms with van der Waals surface area (Å²) in [4.78, 5) is 30.6. The number of benzene rings is 1. The van der Waals surface area contributed by atoms with E-state index >= 15 is 0 Å². The van der Waals surface area contributed by atoms with Crippen molar-refractivity contribution in [1.82, 2.24) is 14.7 Å². The first kappa shape index (κ1) is 22.1. The Hall–Kier alpha value is -1.60. The molecule has 158 valence electrons. The average molecular weight is 440 g/mol. The van der Waals surface area contributed by atoms with Crippen molar-refractivity contribution in [3.63, 3.8) is 0 Å². The van der Waals surface area contributed by atoms with Gasteiger partial charge in [-0.3, -0.25) is 9.59 Å². The maximum absolute atomic E-state index is 12.4. The van der Waals surface area contributed by atoms with Crippen LogP contribution < -0.4 is 0 Å². The quantitative estimate of drug-likeness (QED) is 0.662. The number of hydrogen-bond donors (Lipinski definition) is 1. The molecule has 0 aliphatic carbocycles. The molecule has 2 heterocycles. The number of aliphatic hydroxyl groups is 1. The molecular formula is C21H27Cl2N3O3. The highest BCUT2D eigenvalue weighted by Crippen LogP contribution is 2.23. The topological polar surface area (TPSA) is 64.1 Å². The molecular weight excluding hydrogens is 413 g/mol. The summed E-state index contributed by atoms with van der Waals surface area (Å²) in [5, 5.41) is 10.1. The Morgan fingerprint density at radius 2 is 2.00 bits per heavy atom. The highest BCUT2D eigenvalue weighted by molar-refractivity contribution is 6.42. The van der Waals surface area contributed by atoms with Gasteiger partial charge in [0.15, 0.2) is 0 Å². The number of amides is 2. The van der Waals surface area contributed by atoms with E-state index in [4.69, 9.17) is 23.2 Å². The van der Waals surface area contributed by atoms with Gasteiger partial charge in [0.2, 0.25) is 11.8 Å². The lowest BCUT2D eigenvalue weighted by molar-refractivity contribution is -0.142. The van der Waals surface area contributed by atoms with Crippen molar-refractivity contribution in [3.8, 4) is 0 Å². The van der Waals surface area contributed by atoms with E-state index in [1.165, 1.54) is 6.08 Å². The second-order valence-electron chi connectivity index (χ2n) is 7.64. The monoisotopic (exact) mass is 439 g/mol. The number of carbonyl (C=O) groups excluding carboxylic acids is 2. The smallest absolute Gasteiger partial charge is 0.247 e. The van der Waals surface area contributed by atoms with Crippen molar-refractivity contribution in [3.05, 3.63) is 39.9 Å². The molecule has 2 aliphatic heterocycles. The van der Waals surface area contributed by atoms with E-state index in [9.17, 15) is 14.7 Å². The van der Waals surface area contributed by atoms with Crippen molar-refractivity contribution in [1.29, 1.82) is 0 Å². The van der Waals surface area contributed by atoms with Gasteiger partial charge in [0.1, 0.15) is 6.54 Å². The van der Waals surface area contributed by atoms with E-state index in [0.29, 0.717) is 35.6 Å². The first-order valence-corrected chi connectivity index (χ1v) is 10.7. The van der Waals surface area contributed by atoms with Gasteiger partial charge in [0, 0.05) is 38.9 Å². The zero-order chi connectivity index (χ0) is 20.8. The van der Waals surface area contributed by atoms with Crippen LogP contribution in [0.25, 0.3) is 6.08 Å². The van der Waals surface area contributed by atoms with Crippen LogP contribution in [0, 0.1) is 5.92 Å². The van der Waals surface area contributed by atoms with Gasteiger partial charge in [0.25, 0.3) is 0 Å². The second-order valence-corrected chi connectivity index (χ2v) is 8.45. The largest absolute Gasteiger partial charge is 0.396 e. The molecule has 0 spiro atoms. The Morgan fingerprint density at radius 1 is 1.17 bits per heavy atom. The first-order chi connectivity index (χ1) is 14.0. The third-order valence-corrected chi connectivity index (χ3v) is 6.26. The van der Waals surface area contributed by atoms with Gasteiger partial charge in [-0.25, -0.2) is 0 Å². The maximum Gasteiger partial charge on any atom is 0.247 e. The van der Waals surface area contributed by atoms with Crippen LogP contribution in [0.5, 0.6) is 0 Å². The molecule has 1 unspecified atom stereocenters. The van der Waals surface area contributed by atoms with Crippen LogP contribution in [-0.2, 0) is 9.59 Å². The van der Waals surface area contributed by atoms with Crippen LogP contribution in [0.4, 0.5) is 0 Å². The number of carbonyl (C=O) groups is 2. The minimum atomic E-state index is -0.184. The molecule has 6 nitrogen and oxygen atoms in total. The van der Waals surface area contributed by atoms with Crippen LogP contribution in [0.1, 0.15) is 18.4 Å². The molecule has 2 aliphatic rings. The summed E-state index contributed by atoms with van der Waals surface area (Å²) in [6, 6.07) is 5.16. The normalized spacial score (nSPS) is 20.8. The van der Waals surface area contributed by atoms with Crippen molar-refractivity contribution in [2.24, 2.45) is 5.92 Å². The molecule has 3 rings (SSSR count). The molecule has 0 saturated carbocycles. The van der Waals surface area contributed by atoms with E-state index in [1.54, 1.807) is 29.2 Å². The molecule has 0 bridgehead atoms. The number of rotatable bonds is 7. The standard InChI is InChI=1S/C21H27Cl2N3O3/c22-18-4-2-16(12-19(18)23)3-5-20(28)26-11-10-25(21(29)14-26)8-1-7-24-9-6-17(13-24)15-27/h2-5,12,17,27H,1,6-11,13-15H2. The summed E-state index contributed by atoms with van der Waals surface area (Å²) >= 11 is 11.9. The molecule has 0 aromatic heterocycles. The fourth-order valence-electron chi connectivity index (χ4n) is 3.77. The van der Waals surface area contributed by atoms with Crippen molar-refractivity contribution < 1.29 is 14.7 Å². The van der Waals surface area contributed by atoms with Gasteiger partial charge in [0.05, 0.1) is 10.0 Å². The van der Waals surface area contributed by atoms with Crippen molar-refractivity contribution >= 4 is 41.1 Å². The third kappa shape index (κ3) is 6.19. The van der Waals surface area contributed by atoms with Crippen molar-refractivity contribution in [2.75, 3.05) is 52.4 Å². The molecule has 2 saturated heterocycles. The number of halogens is 2. The summed E-state index contributed by atoms with van der Waals surface area (Å²) in [6.07, 6.45) is 5.10. The van der Waals surface area contributed by atoms with Gasteiger partial charge in [-0.2, -0.15) is 0 Å². The van der Waals surface area contributed by atoms with E-state index in [2.05, 4.69) is 4.90 Å². The lowest BCUT2D eigenvalue weighted by Crippen LogP contribution is -2.52. The van der Waals surface area contributed by atoms with Crippen LogP contribution in [-0.4, -0.2) is 84.0 Å². The van der Waals surface area contributed by atoms with Crippen molar-refractivity contribution in [2.45, 2.75) is 12.8 Å². The lowest BCUT2D eigenvalue weighted by atomic mass is 10.1. The number of likely N-dealkylation sites (tertiary alicyclic amines) is 1. The summed E-state index contributed by atoms with van der Waals surface area (Å²) in [5.41, 5.74) is 0.781. The second kappa shape index (κ2) is 10.4. The molecule has 8 heteroatoms. The van der Waals surface area contributed by atoms with E-state index in [1.807, 2.05) is 4.90 Å². The van der Waals surface area contributed by atoms with Gasteiger partial charge in [-0.1, -0.05) is 29.3 Å². The molecule has 2 fully saturated rings. The molecule has 0 radical (unpaired) electrons. The highest BCUT2D eigenvalue weighted by Gasteiger charge is 2.26. The Labute approximate surface area is 181 Å². The SMILES string of the molecule is O=C(C=Cc1ccc(Cl)c(Cl)c1)N1CCN(CCCN2CCC(CO)C2)C(=O)C1. The predicted octanol–water partition coefficient (Wildman–Crippen LogP) is 2.38. The van der Waals surface area contributed by atoms with Crippen LogP contribution >= 0.6 is 23.2 Å². The fraction of sp³-hybridized carbons (Fsp3) is 0.524. The average Bonchev–Trinajstić information content (AvgIpc) is 3.18. The molecule has 1 atom stereocenters. The Morgan fingerprint density at radius 3 is 2.69 bits per heavy atom. The summed E-state index contributed by atoms with van der Waals surface area (Å²) in [5.74, 6) is 0.196. The zero-order valence-corrected chi connectivity index (χ0v) is 17.9. The summed E-state index contributed by atoms with van der Waals surface area (Å²) < 4.78 is 0. The number of nitrogens with zero attached hydrogens (tertiary/aromatic N) is 3. The highest BCUT2D eigenvalue weighted by atomic mass is 35.5. The Kier molecular flexibility index (Phi) is 7.95. The van der Waals surface area contributed by atoms with E-state index in [-0.39, 0.29) is 25.0 Å². The fourth-order valence-corrected chi connectivity index (χ4v) is 4.08. The van der Waals surface area contributed by atoms with Crippen LogP contribution in [0.3, 0.4) is 0 Å². The predicted molar refractivity (Wildman–Crippen MR) is 115 cm³/mol. The number of piperazine rings is 1. The lowest BCUT2D eigenvalue weighted by Gasteiger charge is -2.34. The molecule has 1 N–H and O–H groups in total. The maximum atomic E-state index is 12.4. The summed E-state index contributed by atoms with van der Waals surface area (Å²) in [7, 11) is 0. The van der Waals surface area contributed by atoms with Gasteiger partial charge < -0.3 is 19.8 Å². The molecule has 29 heavy (non-hydrogen) atoms. The minimum absolute atomic E-state index is 0.0119. The van der Waals surface area contributed by atoms with E-state index in [0.717, 1.165) is 38.0 Å². The zero-order valence-electron chi connectivity index (χ0n) is 16.4. The number of hydrogen-bond acceptors (Lipinski definition) is 4. The van der Waals surface area contributed by atoms with Gasteiger partial charge in [-0.15, -0.1) is 0 Å². The van der Waals surface area contributed by atoms with Crippen LogP contribution in [0.2, 0.25) is 10.0 Å². The summed E-state index contributed by atoms with van der Waals surface area (Å²) in [6.45, 7) is 5.07. The minimum Gasteiger partial charge on any atom is -0.396 e. The number of aliphatic hydroxyl groups excluding tert-OH is 1. The van der Waals surface area contributed by atoms with E-state index < -0.39 is 0 Å². The Bertz CT molecular complexity index is 772. The van der Waals surface area contributed by atoms with Gasteiger partial charge in [-0.05, 0) is 55.6 Å². The van der Waals surface area contributed by atoms with Gasteiger partial charge >= 0.3 is 0 Å². The Balaban J connectivity index is 1.42.